The highest BCUT2D eigenvalue weighted by Crippen LogP contribution is 2.20. The molecule has 0 saturated carbocycles. The molecule has 8 nitrogen and oxygen atoms in total. The highest BCUT2D eigenvalue weighted by molar-refractivity contribution is 7.89. The van der Waals surface area contributed by atoms with E-state index in [4.69, 9.17) is 4.74 Å². The topological polar surface area (TPSA) is 96.0 Å². The Labute approximate surface area is 195 Å². The van der Waals surface area contributed by atoms with E-state index in [9.17, 15) is 18.0 Å². The molecule has 0 unspecified atom stereocenters. The number of carbonyl (C=O) groups is 2. The smallest absolute Gasteiger partial charge is 0.262 e. The third kappa shape index (κ3) is 6.55. The summed E-state index contributed by atoms with van der Waals surface area (Å²) in [7, 11) is -3.53. The van der Waals surface area contributed by atoms with Crippen molar-refractivity contribution in [2.45, 2.75) is 38.0 Å². The van der Waals surface area contributed by atoms with Crippen molar-refractivity contribution in [2.24, 2.45) is 0 Å². The van der Waals surface area contributed by atoms with E-state index in [1.807, 2.05) is 17.0 Å². The van der Waals surface area contributed by atoms with Crippen molar-refractivity contribution in [3.63, 3.8) is 0 Å². The van der Waals surface area contributed by atoms with E-state index >= 15 is 0 Å². The van der Waals surface area contributed by atoms with E-state index in [0.717, 1.165) is 31.5 Å². The zero-order valence-electron chi connectivity index (χ0n) is 19.1. The van der Waals surface area contributed by atoms with Crippen LogP contribution in [0.25, 0.3) is 0 Å². The van der Waals surface area contributed by atoms with Crippen LogP contribution in [0.15, 0.2) is 53.4 Å². The first-order valence-electron chi connectivity index (χ1n) is 11.2. The molecule has 178 valence electrons. The van der Waals surface area contributed by atoms with Crippen molar-refractivity contribution < 1.29 is 22.7 Å². The van der Waals surface area contributed by atoms with E-state index in [1.165, 1.54) is 28.6 Å². The summed E-state index contributed by atoms with van der Waals surface area (Å²) in [4.78, 5) is 26.5. The molecule has 1 aliphatic rings. The number of rotatable bonds is 10. The van der Waals surface area contributed by atoms with Crippen LogP contribution in [0.4, 0.5) is 5.69 Å². The number of hydrogen-bond donors (Lipinski definition) is 1. The Balaban J connectivity index is 1.48. The number of likely N-dealkylation sites (tertiary alicyclic amines) is 1. The molecule has 3 rings (SSSR count). The number of nitrogens with zero attached hydrogens (tertiary/aromatic N) is 2. The number of carbonyl (C=O) groups excluding carboxylic acids is 2. The summed E-state index contributed by atoms with van der Waals surface area (Å²) in [5.74, 6) is 0.198. The van der Waals surface area contributed by atoms with E-state index in [2.05, 4.69) is 5.32 Å². The quantitative estimate of drug-likeness (QED) is 0.572. The van der Waals surface area contributed by atoms with Gasteiger partial charge in [-0.3, -0.25) is 9.59 Å². The maximum Gasteiger partial charge on any atom is 0.262 e. The van der Waals surface area contributed by atoms with Crippen molar-refractivity contribution in [1.82, 2.24) is 9.21 Å². The van der Waals surface area contributed by atoms with E-state index in [-0.39, 0.29) is 23.3 Å². The van der Waals surface area contributed by atoms with Gasteiger partial charge < -0.3 is 15.0 Å². The molecule has 2 aromatic carbocycles. The molecule has 1 fully saturated rings. The second kappa shape index (κ2) is 11.3. The Hall–Kier alpha value is -2.91. The standard InChI is InChI=1S/C24H31N3O5S/c1-3-27(4-2)33(30,31)22-13-11-21(12-14-22)32-18-23(28)25-20-9-7-19(8-10-20)17-24(29)26-15-5-6-16-26/h7-14H,3-6,15-18H2,1-2H3,(H,25,28). The number of benzene rings is 2. The van der Waals surface area contributed by atoms with E-state index in [0.29, 0.717) is 30.9 Å². The van der Waals surface area contributed by atoms with Gasteiger partial charge in [0.15, 0.2) is 6.61 Å². The molecular weight excluding hydrogens is 442 g/mol. The normalized spacial score (nSPS) is 13.8. The van der Waals surface area contributed by atoms with Crippen molar-refractivity contribution in [2.75, 3.05) is 38.1 Å². The van der Waals surface area contributed by atoms with Gasteiger partial charge in [-0.25, -0.2) is 8.42 Å². The van der Waals surface area contributed by atoms with Crippen molar-refractivity contribution >= 4 is 27.5 Å². The largest absolute Gasteiger partial charge is 0.484 e. The number of anilines is 1. The fourth-order valence-corrected chi connectivity index (χ4v) is 5.18. The van der Waals surface area contributed by atoms with Gasteiger partial charge in [0.2, 0.25) is 15.9 Å². The maximum absolute atomic E-state index is 12.5. The average Bonchev–Trinajstić information content (AvgIpc) is 3.35. The number of sulfonamides is 1. The number of amides is 2. The zero-order valence-corrected chi connectivity index (χ0v) is 19.9. The fraction of sp³-hybridized carbons (Fsp3) is 0.417. The summed E-state index contributed by atoms with van der Waals surface area (Å²) in [5.41, 5.74) is 1.52. The fourth-order valence-electron chi connectivity index (χ4n) is 3.73. The Kier molecular flexibility index (Phi) is 8.46. The molecule has 0 spiro atoms. The van der Waals surface area contributed by atoms with Crippen LogP contribution in [-0.4, -0.2) is 62.2 Å². The lowest BCUT2D eigenvalue weighted by Gasteiger charge is -2.18. The van der Waals surface area contributed by atoms with Crippen molar-refractivity contribution in [3.05, 3.63) is 54.1 Å². The molecule has 33 heavy (non-hydrogen) atoms. The minimum atomic E-state index is -3.53. The second-order valence-electron chi connectivity index (χ2n) is 7.86. The van der Waals surface area contributed by atoms with Crippen LogP contribution in [-0.2, 0) is 26.0 Å². The highest BCUT2D eigenvalue weighted by Gasteiger charge is 2.21. The zero-order chi connectivity index (χ0) is 23.8. The third-order valence-corrected chi connectivity index (χ3v) is 7.65. The molecular formula is C24H31N3O5S. The molecule has 9 heteroatoms. The van der Waals surface area contributed by atoms with Gasteiger partial charge in [-0.2, -0.15) is 4.31 Å². The van der Waals surface area contributed by atoms with Gasteiger partial charge in [0.25, 0.3) is 5.91 Å². The van der Waals surface area contributed by atoms with Crippen LogP contribution in [0.5, 0.6) is 5.75 Å². The van der Waals surface area contributed by atoms with Gasteiger partial charge in [-0.15, -0.1) is 0 Å². The van der Waals surface area contributed by atoms with E-state index < -0.39 is 10.0 Å². The first-order valence-corrected chi connectivity index (χ1v) is 12.7. The Morgan fingerprint density at radius 3 is 2.15 bits per heavy atom. The van der Waals surface area contributed by atoms with Crippen LogP contribution >= 0.6 is 0 Å². The van der Waals surface area contributed by atoms with Crippen LogP contribution < -0.4 is 10.1 Å². The average molecular weight is 474 g/mol. The van der Waals surface area contributed by atoms with Gasteiger partial charge in [0, 0.05) is 31.9 Å². The van der Waals surface area contributed by atoms with Crippen molar-refractivity contribution in [3.8, 4) is 5.75 Å². The SMILES string of the molecule is CCN(CC)S(=O)(=O)c1ccc(OCC(=O)Nc2ccc(CC(=O)N3CCCC3)cc2)cc1. The van der Waals surface area contributed by atoms with E-state index in [1.54, 1.807) is 26.0 Å². The molecule has 1 N–H and O–H groups in total. The summed E-state index contributed by atoms with van der Waals surface area (Å²) in [6, 6.07) is 13.2. The summed E-state index contributed by atoms with van der Waals surface area (Å²) in [6.45, 7) is 5.83. The molecule has 1 heterocycles. The van der Waals surface area contributed by atoms with Gasteiger partial charge in [-0.05, 0) is 54.8 Å². The van der Waals surface area contributed by atoms with Crippen LogP contribution in [0.1, 0.15) is 32.3 Å². The lowest BCUT2D eigenvalue weighted by atomic mass is 10.1. The molecule has 2 amide bonds. The minimum Gasteiger partial charge on any atom is -0.484 e. The number of nitrogens with one attached hydrogen (secondary N) is 1. The van der Waals surface area contributed by atoms with Crippen LogP contribution in [0.3, 0.4) is 0 Å². The Bertz CT molecular complexity index is 1040. The second-order valence-corrected chi connectivity index (χ2v) is 9.80. The Morgan fingerprint density at radius 1 is 0.970 bits per heavy atom. The van der Waals surface area contributed by atoms with Gasteiger partial charge in [0.05, 0.1) is 11.3 Å². The van der Waals surface area contributed by atoms with Crippen molar-refractivity contribution in [1.29, 1.82) is 0 Å². The molecule has 0 radical (unpaired) electrons. The predicted octanol–water partition coefficient (Wildman–Crippen LogP) is 2.90. The first kappa shape index (κ1) is 24.7. The summed E-state index contributed by atoms with van der Waals surface area (Å²) in [5, 5.41) is 2.75. The summed E-state index contributed by atoms with van der Waals surface area (Å²) in [6.07, 6.45) is 2.49. The lowest BCUT2D eigenvalue weighted by molar-refractivity contribution is -0.129. The third-order valence-electron chi connectivity index (χ3n) is 5.59. The maximum atomic E-state index is 12.5. The van der Waals surface area contributed by atoms with Crippen LogP contribution in [0.2, 0.25) is 0 Å². The lowest BCUT2D eigenvalue weighted by Crippen LogP contribution is -2.30. The first-order chi connectivity index (χ1) is 15.8. The Morgan fingerprint density at radius 2 is 1.58 bits per heavy atom. The summed E-state index contributed by atoms with van der Waals surface area (Å²) < 4.78 is 31.9. The molecule has 2 aromatic rings. The van der Waals surface area contributed by atoms with Gasteiger partial charge in [0.1, 0.15) is 5.75 Å². The van der Waals surface area contributed by atoms with Gasteiger partial charge in [-0.1, -0.05) is 26.0 Å². The molecule has 0 aliphatic carbocycles. The minimum absolute atomic E-state index is 0.133. The highest BCUT2D eigenvalue weighted by atomic mass is 32.2. The number of hydrogen-bond acceptors (Lipinski definition) is 5. The molecule has 0 bridgehead atoms. The summed E-state index contributed by atoms with van der Waals surface area (Å²) >= 11 is 0. The predicted molar refractivity (Wildman–Crippen MR) is 127 cm³/mol. The molecule has 1 aliphatic heterocycles. The molecule has 1 saturated heterocycles. The molecule has 0 atom stereocenters. The van der Waals surface area contributed by atoms with Gasteiger partial charge >= 0.3 is 0 Å². The monoisotopic (exact) mass is 473 g/mol. The molecule has 0 aromatic heterocycles. The number of ether oxygens (including phenoxy) is 1. The van der Waals surface area contributed by atoms with Crippen LogP contribution in [0, 0.1) is 0 Å².